The van der Waals surface area contributed by atoms with Gasteiger partial charge in [-0.15, -0.1) is 22.7 Å². The number of nitrogens with zero attached hydrogens (tertiary/aromatic N) is 2. The molecule has 12 rings (SSSR count). The molecular formula is C51H34N4S2. The van der Waals surface area contributed by atoms with Crippen LogP contribution in [0.3, 0.4) is 0 Å². The molecule has 2 unspecified atom stereocenters. The van der Waals surface area contributed by atoms with E-state index in [-0.39, 0.29) is 12.3 Å². The molecule has 0 fully saturated rings. The summed E-state index contributed by atoms with van der Waals surface area (Å²) in [5.41, 5.74) is 9.58. The van der Waals surface area contributed by atoms with E-state index in [4.69, 9.17) is 4.99 Å². The van der Waals surface area contributed by atoms with E-state index in [1.807, 2.05) is 22.7 Å². The van der Waals surface area contributed by atoms with E-state index in [9.17, 15) is 0 Å². The van der Waals surface area contributed by atoms with Crippen LogP contribution in [-0.2, 0) is 0 Å². The fraction of sp³-hybridized carbons (Fsp3) is 0.0392. The van der Waals surface area contributed by atoms with E-state index < -0.39 is 0 Å². The minimum atomic E-state index is -0.169. The first-order valence-corrected chi connectivity index (χ1v) is 21.0. The van der Waals surface area contributed by atoms with Crippen molar-refractivity contribution in [3.05, 3.63) is 199 Å². The molecule has 0 saturated heterocycles. The lowest BCUT2D eigenvalue weighted by molar-refractivity contribution is 0.409. The molecule has 4 nitrogen and oxygen atoms in total. The van der Waals surface area contributed by atoms with Gasteiger partial charge in [-0.25, -0.2) is 4.99 Å². The van der Waals surface area contributed by atoms with Crippen LogP contribution in [-0.4, -0.2) is 10.4 Å². The molecular weight excluding hydrogens is 733 g/mol. The number of hydrogen-bond acceptors (Lipinski definition) is 5. The van der Waals surface area contributed by atoms with Gasteiger partial charge in [-0.05, 0) is 76.9 Å². The Bertz CT molecular complexity index is 3320. The zero-order valence-electron chi connectivity index (χ0n) is 30.7. The van der Waals surface area contributed by atoms with Gasteiger partial charge < -0.3 is 9.88 Å². The second-order valence-corrected chi connectivity index (χ2v) is 16.9. The van der Waals surface area contributed by atoms with Crippen LogP contribution in [0.2, 0.25) is 0 Å². The Balaban J connectivity index is 0.938. The molecule has 1 aliphatic rings. The average molecular weight is 767 g/mol. The Morgan fingerprint density at radius 3 is 1.86 bits per heavy atom. The van der Waals surface area contributed by atoms with Crippen molar-refractivity contribution in [1.29, 1.82) is 0 Å². The summed E-state index contributed by atoms with van der Waals surface area (Å²) in [6, 6.07) is 66.1. The molecule has 8 aromatic carbocycles. The SMILES string of the molecule is c1ccc(C2N=C(c3ccc4sc5c(-c6ccc7sc8cc(-n9c%10ccccc%10c%10ccccc%109)ccc8c7c6)cccc5c4c3)NC(c3ccccc3)N2)cc1. The van der Waals surface area contributed by atoms with Crippen LogP contribution < -0.4 is 10.6 Å². The second-order valence-electron chi connectivity index (χ2n) is 14.8. The summed E-state index contributed by atoms with van der Waals surface area (Å²) < 4.78 is 7.59. The predicted molar refractivity (Wildman–Crippen MR) is 243 cm³/mol. The van der Waals surface area contributed by atoms with Crippen molar-refractivity contribution in [1.82, 2.24) is 15.2 Å². The number of rotatable bonds is 5. The molecule has 4 heterocycles. The molecule has 2 N–H and O–H groups in total. The Kier molecular flexibility index (Phi) is 7.45. The average Bonchev–Trinajstić information content (AvgIpc) is 3.95. The van der Waals surface area contributed by atoms with E-state index >= 15 is 0 Å². The number of aromatic nitrogens is 1. The number of fused-ring (bicyclic) bond motifs is 9. The van der Waals surface area contributed by atoms with Gasteiger partial charge in [0.15, 0.2) is 0 Å². The van der Waals surface area contributed by atoms with Crippen molar-refractivity contribution in [3.63, 3.8) is 0 Å². The van der Waals surface area contributed by atoms with Gasteiger partial charge in [0.25, 0.3) is 0 Å². The highest BCUT2D eigenvalue weighted by Gasteiger charge is 2.26. The van der Waals surface area contributed by atoms with Gasteiger partial charge in [0.05, 0.1) is 11.0 Å². The molecule has 3 aromatic heterocycles. The minimum absolute atomic E-state index is 0.0752. The van der Waals surface area contributed by atoms with Crippen LogP contribution in [0.25, 0.3) is 79.0 Å². The molecule has 0 amide bonds. The van der Waals surface area contributed by atoms with E-state index in [1.54, 1.807) is 0 Å². The number of aliphatic imine (C=N–C) groups is 1. The van der Waals surface area contributed by atoms with E-state index in [0.29, 0.717) is 0 Å². The summed E-state index contributed by atoms with van der Waals surface area (Å²) in [4.78, 5) is 5.23. The van der Waals surface area contributed by atoms with Gasteiger partial charge in [-0.3, -0.25) is 5.32 Å². The number of thiophene rings is 2. The number of para-hydroxylation sites is 2. The topological polar surface area (TPSA) is 41.4 Å². The fourth-order valence-corrected chi connectivity index (χ4v) is 11.1. The molecule has 1 aliphatic heterocycles. The standard InChI is InChI=1S/C51H34N4S2/c1-3-12-31(13-4-1)49-52-50(32-14-5-2-6-15-32)54-51(53-49)34-23-27-46-42(29-34)40-19-11-18-36(48(40)57-46)33-22-26-45-41(28-33)39-25-24-35(30-47(39)56-45)55-43-20-9-7-16-37(43)38-17-8-10-21-44(38)55/h1-30,49-50,52H,(H,53,54). The van der Waals surface area contributed by atoms with Crippen LogP contribution in [0.4, 0.5) is 0 Å². The maximum Gasteiger partial charge on any atom is 0.131 e. The van der Waals surface area contributed by atoms with Gasteiger partial charge in [0.2, 0.25) is 0 Å². The Morgan fingerprint density at radius 1 is 0.456 bits per heavy atom. The van der Waals surface area contributed by atoms with Crippen LogP contribution in [0.1, 0.15) is 29.0 Å². The summed E-state index contributed by atoms with van der Waals surface area (Å²) in [5, 5.41) is 15.1. The largest absolute Gasteiger partial charge is 0.350 e. The molecule has 0 saturated carbocycles. The summed E-state index contributed by atoms with van der Waals surface area (Å²) in [6.07, 6.45) is -0.244. The second kappa shape index (κ2) is 13.0. The number of hydrogen-bond donors (Lipinski definition) is 2. The van der Waals surface area contributed by atoms with Crippen LogP contribution in [0, 0.1) is 0 Å². The van der Waals surface area contributed by atoms with E-state index in [0.717, 1.165) is 17.0 Å². The van der Waals surface area contributed by atoms with Crippen molar-refractivity contribution in [2.75, 3.05) is 0 Å². The smallest absolute Gasteiger partial charge is 0.131 e. The first kappa shape index (κ1) is 32.7. The lowest BCUT2D eigenvalue weighted by Crippen LogP contribution is -2.44. The third-order valence-corrected chi connectivity index (χ3v) is 13.8. The quantitative estimate of drug-likeness (QED) is 0.183. The maximum absolute atomic E-state index is 5.23. The molecule has 270 valence electrons. The number of nitrogens with one attached hydrogen (secondary N) is 2. The maximum atomic E-state index is 5.23. The van der Waals surface area contributed by atoms with Crippen LogP contribution in [0.15, 0.2) is 187 Å². The van der Waals surface area contributed by atoms with Gasteiger partial charge in [-0.2, -0.15) is 0 Å². The zero-order valence-corrected chi connectivity index (χ0v) is 32.3. The minimum Gasteiger partial charge on any atom is -0.350 e. The van der Waals surface area contributed by atoms with Crippen molar-refractivity contribution in [2.45, 2.75) is 12.3 Å². The lowest BCUT2D eigenvalue weighted by Gasteiger charge is -2.32. The number of benzene rings is 8. The van der Waals surface area contributed by atoms with E-state index in [1.165, 1.54) is 84.5 Å². The van der Waals surface area contributed by atoms with Crippen molar-refractivity contribution < 1.29 is 0 Å². The number of amidine groups is 1. The molecule has 0 spiro atoms. The molecule has 0 bridgehead atoms. The summed E-state index contributed by atoms with van der Waals surface area (Å²) in [5.74, 6) is 0.893. The van der Waals surface area contributed by atoms with Crippen molar-refractivity contribution in [3.8, 4) is 16.8 Å². The predicted octanol–water partition coefficient (Wildman–Crippen LogP) is 13.5. The highest BCUT2D eigenvalue weighted by Crippen LogP contribution is 2.43. The molecule has 0 aliphatic carbocycles. The first-order chi connectivity index (χ1) is 28.2. The third-order valence-electron chi connectivity index (χ3n) is 11.5. The monoisotopic (exact) mass is 766 g/mol. The Hall–Kier alpha value is -6.57. The summed E-state index contributed by atoms with van der Waals surface area (Å²) in [7, 11) is 0. The Morgan fingerprint density at radius 2 is 1.09 bits per heavy atom. The van der Waals surface area contributed by atoms with Gasteiger partial charge in [-0.1, -0.05) is 127 Å². The van der Waals surface area contributed by atoms with Gasteiger partial charge >= 0.3 is 0 Å². The van der Waals surface area contributed by atoms with Crippen molar-refractivity contribution in [2.24, 2.45) is 4.99 Å². The molecule has 57 heavy (non-hydrogen) atoms. The van der Waals surface area contributed by atoms with E-state index in [2.05, 4.69) is 197 Å². The fourth-order valence-electron chi connectivity index (χ4n) is 8.78. The third kappa shape index (κ3) is 5.33. The lowest BCUT2D eigenvalue weighted by atomic mass is 10.00. The van der Waals surface area contributed by atoms with Gasteiger partial charge in [0, 0.05) is 62.4 Å². The molecule has 0 radical (unpaired) electrons. The first-order valence-electron chi connectivity index (χ1n) is 19.3. The molecule has 6 heteroatoms. The van der Waals surface area contributed by atoms with Crippen LogP contribution in [0.5, 0.6) is 0 Å². The van der Waals surface area contributed by atoms with Gasteiger partial charge in [0.1, 0.15) is 18.2 Å². The van der Waals surface area contributed by atoms with Crippen molar-refractivity contribution >= 4 is 90.7 Å². The normalized spacial score (nSPS) is 15.9. The molecule has 11 aromatic rings. The highest BCUT2D eigenvalue weighted by molar-refractivity contribution is 7.26. The molecule has 2 atom stereocenters. The summed E-state index contributed by atoms with van der Waals surface area (Å²) in [6.45, 7) is 0. The Labute approximate surface area is 337 Å². The highest BCUT2D eigenvalue weighted by atomic mass is 32.1. The summed E-state index contributed by atoms with van der Waals surface area (Å²) >= 11 is 3.75. The van der Waals surface area contributed by atoms with Crippen LogP contribution >= 0.6 is 22.7 Å². The zero-order chi connectivity index (χ0) is 37.5.